The van der Waals surface area contributed by atoms with Crippen LogP contribution in [0.15, 0.2) is 34.7 Å². The van der Waals surface area contributed by atoms with Gasteiger partial charge in [0.25, 0.3) is 0 Å². The standard InChI is InChI=1S/C25H32O4Se/c1-6-28-20(26)19(21(27)29-7-2)30-22-24(5)13-12-18(23(24,3)4)25(22)14-16-10-8-9-11-17(16)15-25/h8-11,18H,6-7,12-15H2,1-5H3/p+1. The molecule has 1 N–H and O–H groups in total. The van der Waals surface area contributed by atoms with Crippen molar-refractivity contribution < 1.29 is 19.4 Å². The summed E-state index contributed by atoms with van der Waals surface area (Å²) < 4.78 is 12.5. The van der Waals surface area contributed by atoms with Crippen molar-refractivity contribution in [2.45, 2.75) is 60.3 Å². The van der Waals surface area contributed by atoms with Gasteiger partial charge in [-0.3, -0.25) is 0 Å². The number of rotatable bonds is 5. The van der Waals surface area contributed by atoms with Crippen LogP contribution in [0.1, 0.15) is 58.6 Å². The molecule has 1 aromatic carbocycles. The molecule has 162 valence electrons. The third kappa shape index (κ3) is 2.92. The van der Waals surface area contributed by atoms with E-state index < -0.39 is 5.97 Å². The Bertz CT molecular complexity index is 904. The van der Waals surface area contributed by atoms with E-state index in [9.17, 15) is 9.90 Å². The molecule has 0 heterocycles. The maximum atomic E-state index is 12.8. The van der Waals surface area contributed by atoms with E-state index >= 15 is 0 Å². The molecular formula is C25H33O4Se+. The number of benzene rings is 1. The molecule has 3 aliphatic carbocycles. The fraction of sp³-hybridized carbons (Fsp3) is 0.600. The Labute approximate surface area is 185 Å². The van der Waals surface area contributed by atoms with Crippen LogP contribution in [0, 0.1) is 22.2 Å². The van der Waals surface area contributed by atoms with E-state index in [4.69, 9.17) is 9.47 Å². The summed E-state index contributed by atoms with van der Waals surface area (Å²) in [5.41, 5.74) is 3.14. The van der Waals surface area contributed by atoms with Gasteiger partial charge in [0.15, 0.2) is 0 Å². The second-order valence-corrected chi connectivity index (χ2v) is 11.8. The molecule has 0 radical (unpaired) electrons. The van der Waals surface area contributed by atoms with Crippen molar-refractivity contribution in [2.24, 2.45) is 22.2 Å². The first-order valence-electron chi connectivity index (χ1n) is 11.1. The molecule has 2 atom stereocenters. The summed E-state index contributed by atoms with van der Waals surface area (Å²) in [6, 6.07) is 8.78. The Morgan fingerprint density at radius 1 is 1.10 bits per heavy atom. The van der Waals surface area contributed by atoms with Crippen LogP contribution < -0.4 is 0 Å². The van der Waals surface area contributed by atoms with E-state index in [0.717, 1.165) is 19.3 Å². The molecule has 0 saturated heterocycles. The molecule has 4 rings (SSSR count). The quantitative estimate of drug-likeness (QED) is 0.296. The Hall–Kier alpha value is -1.58. The second kappa shape index (κ2) is 7.53. The molecule has 2 fully saturated rings. The van der Waals surface area contributed by atoms with Crippen LogP contribution in [0.4, 0.5) is 0 Å². The molecule has 1 aromatic rings. The number of hydrogen-bond acceptors (Lipinski definition) is 4. The van der Waals surface area contributed by atoms with Crippen LogP contribution in [0.3, 0.4) is 0 Å². The Kier molecular flexibility index (Phi) is 5.43. The summed E-state index contributed by atoms with van der Waals surface area (Å²) in [7, 11) is 0. The van der Waals surface area contributed by atoms with Crippen molar-refractivity contribution in [3.63, 3.8) is 0 Å². The number of aliphatic hydroxyl groups excluding tert-OH is 1. The zero-order valence-corrected chi connectivity index (χ0v) is 20.4. The number of esters is 1. The average molecular weight is 476 g/mol. The molecule has 0 amide bonds. The van der Waals surface area contributed by atoms with E-state index in [0.29, 0.717) is 17.0 Å². The van der Waals surface area contributed by atoms with Crippen LogP contribution in [0.5, 0.6) is 0 Å². The fourth-order valence-corrected chi connectivity index (χ4v) is 9.82. The minimum absolute atomic E-state index is 0.0456. The summed E-state index contributed by atoms with van der Waals surface area (Å²) >= 11 is -0.325. The zero-order chi connectivity index (χ0) is 21.7. The molecule has 30 heavy (non-hydrogen) atoms. The van der Waals surface area contributed by atoms with E-state index in [-0.39, 0.29) is 43.3 Å². The first kappa shape index (κ1) is 21.6. The molecular weight excluding hydrogens is 443 g/mol. The van der Waals surface area contributed by atoms with Gasteiger partial charge >= 0.3 is 186 Å². The van der Waals surface area contributed by atoms with Crippen LogP contribution in [-0.2, 0) is 27.1 Å². The third-order valence-corrected chi connectivity index (χ3v) is 11.5. The third-order valence-electron chi connectivity index (χ3n) is 8.12. The van der Waals surface area contributed by atoms with Crippen molar-refractivity contribution in [1.82, 2.24) is 0 Å². The molecule has 2 bridgehead atoms. The van der Waals surface area contributed by atoms with Crippen LogP contribution in [-0.4, -0.2) is 43.2 Å². The van der Waals surface area contributed by atoms with E-state index in [1.54, 1.807) is 6.92 Å². The van der Waals surface area contributed by atoms with Gasteiger partial charge in [-0.15, -0.1) is 0 Å². The van der Waals surface area contributed by atoms with Crippen molar-refractivity contribution in [3.05, 3.63) is 45.8 Å². The molecule has 3 aliphatic rings. The van der Waals surface area contributed by atoms with E-state index in [2.05, 4.69) is 45.0 Å². The van der Waals surface area contributed by atoms with Gasteiger partial charge < -0.3 is 0 Å². The van der Waals surface area contributed by atoms with Crippen molar-refractivity contribution >= 4 is 24.9 Å². The van der Waals surface area contributed by atoms with Gasteiger partial charge in [-0.2, -0.15) is 0 Å². The predicted molar refractivity (Wildman–Crippen MR) is 120 cm³/mol. The summed E-state index contributed by atoms with van der Waals surface area (Å²) in [5, 5.41) is 10.6. The summed E-state index contributed by atoms with van der Waals surface area (Å²) in [5.74, 6) is -0.110. The van der Waals surface area contributed by atoms with Gasteiger partial charge in [0.2, 0.25) is 0 Å². The minimum atomic E-state index is -0.439. The van der Waals surface area contributed by atoms with Gasteiger partial charge in [-0.05, 0) is 0 Å². The van der Waals surface area contributed by atoms with Crippen molar-refractivity contribution in [3.8, 4) is 0 Å². The average Bonchev–Trinajstić information content (AvgIpc) is 3.21. The monoisotopic (exact) mass is 477 g/mol. The van der Waals surface area contributed by atoms with Crippen molar-refractivity contribution in [1.29, 1.82) is 0 Å². The fourth-order valence-electron chi connectivity index (χ4n) is 6.52. The first-order valence-corrected chi connectivity index (χ1v) is 12.8. The van der Waals surface area contributed by atoms with Gasteiger partial charge in [-0.1, -0.05) is 0 Å². The summed E-state index contributed by atoms with van der Waals surface area (Å²) in [4.78, 5) is 12.8. The summed E-state index contributed by atoms with van der Waals surface area (Å²) in [6.07, 6.45) is 4.45. The SMILES string of the molecule is CCOC(=O)C([Se+]=C1C2(Cc3ccccc3C2)C2CCC1(C)C2(C)C)=C(O)OCC. The number of carbonyl (C=O) groups excluding carboxylic acids is 1. The van der Waals surface area contributed by atoms with Gasteiger partial charge in [0, 0.05) is 0 Å². The number of fused-ring (bicyclic) bond motifs is 4. The molecule has 1 spiro atoms. The number of aliphatic hydroxyl groups is 1. The Morgan fingerprint density at radius 2 is 1.70 bits per heavy atom. The molecule has 4 nitrogen and oxygen atoms in total. The Morgan fingerprint density at radius 3 is 2.27 bits per heavy atom. The van der Waals surface area contributed by atoms with Crippen LogP contribution in [0.2, 0.25) is 0 Å². The van der Waals surface area contributed by atoms with Crippen LogP contribution >= 0.6 is 0 Å². The maximum absolute atomic E-state index is 12.8. The Balaban J connectivity index is 1.89. The molecule has 2 saturated carbocycles. The number of ether oxygens (including phenoxy) is 2. The second-order valence-electron chi connectivity index (χ2n) is 9.64. The molecule has 5 heteroatoms. The molecule has 2 unspecified atom stereocenters. The van der Waals surface area contributed by atoms with E-state index in [1.165, 1.54) is 22.0 Å². The van der Waals surface area contributed by atoms with Gasteiger partial charge in [0.1, 0.15) is 0 Å². The predicted octanol–water partition coefficient (Wildman–Crippen LogP) is 4.43. The molecule has 0 aromatic heterocycles. The zero-order valence-electron chi connectivity index (χ0n) is 18.7. The van der Waals surface area contributed by atoms with Crippen molar-refractivity contribution in [2.75, 3.05) is 13.2 Å². The molecule has 0 aliphatic heterocycles. The summed E-state index contributed by atoms with van der Waals surface area (Å²) in [6.45, 7) is 11.4. The first-order chi connectivity index (χ1) is 14.2. The number of hydrogen-bond donors (Lipinski definition) is 1. The topological polar surface area (TPSA) is 55.8 Å². The van der Waals surface area contributed by atoms with Gasteiger partial charge in [0.05, 0.1) is 0 Å². The van der Waals surface area contributed by atoms with Crippen LogP contribution in [0.25, 0.3) is 0 Å². The van der Waals surface area contributed by atoms with E-state index in [1.807, 2.05) is 6.92 Å². The number of carbonyl (C=O) groups is 1. The van der Waals surface area contributed by atoms with Gasteiger partial charge in [-0.25, -0.2) is 0 Å². The normalized spacial score (nSPS) is 29.8.